The summed E-state index contributed by atoms with van der Waals surface area (Å²) in [4.78, 5) is 5.39. The van der Waals surface area contributed by atoms with Crippen LogP contribution in [0, 0.1) is 5.92 Å². The van der Waals surface area contributed by atoms with Crippen LogP contribution < -0.4 is 5.32 Å². The van der Waals surface area contributed by atoms with Crippen LogP contribution in [-0.2, 0) is 6.42 Å². The van der Waals surface area contributed by atoms with E-state index in [0.717, 1.165) is 25.4 Å². The maximum atomic E-state index is 3.49. The van der Waals surface area contributed by atoms with Gasteiger partial charge in [0, 0.05) is 45.3 Å². The lowest BCUT2D eigenvalue weighted by molar-refractivity contribution is 0.100. The van der Waals surface area contributed by atoms with Crippen LogP contribution in [0.3, 0.4) is 0 Å². The van der Waals surface area contributed by atoms with E-state index in [-0.39, 0.29) is 0 Å². The molecule has 2 atom stereocenters. The van der Waals surface area contributed by atoms with E-state index in [0.29, 0.717) is 6.04 Å². The topological polar surface area (TPSA) is 18.5 Å². The molecule has 0 radical (unpaired) electrons. The SMILES string of the molecule is CCc1ccc(C(CN2CCCC(C)C2)N2CCNCC2)cc1. The van der Waals surface area contributed by atoms with Crippen LogP contribution in [0.15, 0.2) is 24.3 Å². The molecule has 2 fully saturated rings. The zero-order valence-electron chi connectivity index (χ0n) is 14.9. The summed E-state index contributed by atoms with van der Waals surface area (Å²) in [7, 11) is 0. The van der Waals surface area contributed by atoms with Crippen molar-refractivity contribution in [2.24, 2.45) is 5.92 Å². The molecule has 1 N–H and O–H groups in total. The van der Waals surface area contributed by atoms with E-state index < -0.39 is 0 Å². The van der Waals surface area contributed by atoms with Gasteiger partial charge in [0.2, 0.25) is 0 Å². The summed E-state index contributed by atoms with van der Waals surface area (Å²) in [6.45, 7) is 13.0. The van der Waals surface area contributed by atoms with Gasteiger partial charge in [0.15, 0.2) is 0 Å². The highest BCUT2D eigenvalue weighted by Crippen LogP contribution is 2.25. The second kappa shape index (κ2) is 8.27. The number of benzene rings is 1. The monoisotopic (exact) mass is 315 g/mol. The molecule has 2 unspecified atom stereocenters. The zero-order valence-corrected chi connectivity index (χ0v) is 14.9. The van der Waals surface area contributed by atoms with Gasteiger partial charge < -0.3 is 10.2 Å². The Hall–Kier alpha value is -0.900. The molecule has 3 rings (SSSR count). The van der Waals surface area contributed by atoms with E-state index in [1.54, 1.807) is 0 Å². The van der Waals surface area contributed by atoms with Crippen molar-refractivity contribution in [1.82, 2.24) is 15.1 Å². The van der Waals surface area contributed by atoms with Gasteiger partial charge in [0.25, 0.3) is 0 Å². The molecule has 1 aromatic rings. The number of piperazine rings is 1. The molecule has 2 heterocycles. The van der Waals surface area contributed by atoms with Crippen molar-refractivity contribution in [2.75, 3.05) is 45.8 Å². The Labute approximate surface area is 142 Å². The van der Waals surface area contributed by atoms with Gasteiger partial charge in [-0.15, -0.1) is 0 Å². The standard InChI is InChI=1S/C20H33N3/c1-3-18-6-8-19(9-7-18)20(23-13-10-21-11-14-23)16-22-12-4-5-17(2)15-22/h6-9,17,20-21H,3-5,10-16H2,1-2H3. The highest BCUT2D eigenvalue weighted by atomic mass is 15.3. The van der Waals surface area contributed by atoms with E-state index in [2.05, 4.69) is 53.2 Å². The average molecular weight is 316 g/mol. The Morgan fingerprint density at radius 1 is 1.13 bits per heavy atom. The summed E-state index contributed by atoms with van der Waals surface area (Å²) in [6, 6.07) is 9.94. The van der Waals surface area contributed by atoms with Gasteiger partial charge in [-0.05, 0) is 42.9 Å². The molecule has 0 amide bonds. The van der Waals surface area contributed by atoms with E-state index in [9.17, 15) is 0 Å². The largest absolute Gasteiger partial charge is 0.314 e. The van der Waals surface area contributed by atoms with E-state index >= 15 is 0 Å². The molecule has 1 aromatic carbocycles. The van der Waals surface area contributed by atoms with Crippen molar-refractivity contribution in [3.05, 3.63) is 35.4 Å². The number of nitrogens with zero attached hydrogens (tertiary/aromatic N) is 2. The summed E-state index contributed by atoms with van der Waals surface area (Å²) in [6.07, 6.45) is 3.90. The van der Waals surface area contributed by atoms with Crippen LogP contribution in [-0.4, -0.2) is 55.6 Å². The maximum Gasteiger partial charge on any atom is 0.0476 e. The third-order valence-corrected chi connectivity index (χ3v) is 5.54. The van der Waals surface area contributed by atoms with Crippen LogP contribution in [0.25, 0.3) is 0 Å². The van der Waals surface area contributed by atoms with Crippen LogP contribution >= 0.6 is 0 Å². The van der Waals surface area contributed by atoms with Gasteiger partial charge in [-0.3, -0.25) is 4.90 Å². The fraction of sp³-hybridized carbons (Fsp3) is 0.700. The van der Waals surface area contributed by atoms with Crippen LogP contribution in [0.4, 0.5) is 0 Å². The van der Waals surface area contributed by atoms with Gasteiger partial charge in [0.05, 0.1) is 0 Å². The molecule has 2 aliphatic rings. The number of hydrogen-bond donors (Lipinski definition) is 1. The van der Waals surface area contributed by atoms with Gasteiger partial charge >= 0.3 is 0 Å². The van der Waals surface area contributed by atoms with E-state index in [1.807, 2.05) is 0 Å². The van der Waals surface area contributed by atoms with Crippen LogP contribution in [0.1, 0.15) is 43.9 Å². The number of likely N-dealkylation sites (tertiary alicyclic amines) is 1. The number of hydrogen-bond acceptors (Lipinski definition) is 3. The molecule has 3 nitrogen and oxygen atoms in total. The highest BCUT2D eigenvalue weighted by Gasteiger charge is 2.26. The lowest BCUT2D eigenvalue weighted by atomic mass is 9.97. The van der Waals surface area contributed by atoms with Gasteiger partial charge in [-0.2, -0.15) is 0 Å². The summed E-state index contributed by atoms with van der Waals surface area (Å²) < 4.78 is 0. The predicted octanol–water partition coefficient (Wildman–Crippen LogP) is 2.93. The smallest absolute Gasteiger partial charge is 0.0476 e. The van der Waals surface area contributed by atoms with Crippen molar-refractivity contribution in [3.8, 4) is 0 Å². The third-order valence-electron chi connectivity index (χ3n) is 5.54. The Morgan fingerprint density at radius 2 is 1.87 bits per heavy atom. The molecular weight excluding hydrogens is 282 g/mol. The first-order valence-corrected chi connectivity index (χ1v) is 9.52. The Bertz CT molecular complexity index is 464. The molecule has 2 aliphatic heterocycles. The second-order valence-corrected chi connectivity index (χ2v) is 7.40. The van der Waals surface area contributed by atoms with Crippen molar-refractivity contribution in [2.45, 2.75) is 39.2 Å². The summed E-state index contributed by atoms with van der Waals surface area (Å²) in [5.74, 6) is 0.856. The summed E-state index contributed by atoms with van der Waals surface area (Å²) >= 11 is 0. The Kier molecular flexibility index (Phi) is 6.09. The molecule has 0 aromatic heterocycles. The molecule has 2 saturated heterocycles. The zero-order chi connectivity index (χ0) is 16.1. The molecule has 0 spiro atoms. The predicted molar refractivity (Wildman–Crippen MR) is 97.8 cm³/mol. The number of piperidine rings is 1. The average Bonchev–Trinajstić information content (AvgIpc) is 2.61. The van der Waals surface area contributed by atoms with Crippen LogP contribution in [0.2, 0.25) is 0 Å². The van der Waals surface area contributed by atoms with Crippen molar-refractivity contribution >= 4 is 0 Å². The fourth-order valence-corrected chi connectivity index (χ4v) is 4.10. The third kappa shape index (κ3) is 4.56. The number of rotatable bonds is 5. The van der Waals surface area contributed by atoms with E-state index in [1.165, 1.54) is 56.7 Å². The molecule has 0 saturated carbocycles. The van der Waals surface area contributed by atoms with Crippen molar-refractivity contribution < 1.29 is 0 Å². The van der Waals surface area contributed by atoms with Gasteiger partial charge in [-0.25, -0.2) is 0 Å². The molecule has 0 bridgehead atoms. The molecule has 0 aliphatic carbocycles. The second-order valence-electron chi connectivity index (χ2n) is 7.40. The first-order valence-electron chi connectivity index (χ1n) is 9.52. The number of nitrogens with one attached hydrogen (secondary N) is 1. The lowest BCUT2D eigenvalue weighted by Crippen LogP contribution is -2.49. The van der Waals surface area contributed by atoms with Crippen LogP contribution in [0.5, 0.6) is 0 Å². The Morgan fingerprint density at radius 3 is 2.52 bits per heavy atom. The molecule has 23 heavy (non-hydrogen) atoms. The minimum atomic E-state index is 0.549. The minimum Gasteiger partial charge on any atom is -0.314 e. The maximum absolute atomic E-state index is 3.49. The molecular formula is C20H33N3. The van der Waals surface area contributed by atoms with E-state index in [4.69, 9.17) is 0 Å². The first kappa shape index (κ1) is 16.9. The fourth-order valence-electron chi connectivity index (χ4n) is 4.10. The quantitative estimate of drug-likeness (QED) is 0.901. The number of aryl methyl sites for hydroxylation is 1. The molecule has 128 valence electrons. The van der Waals surface area contributed by atoms with Gasteiger partial charge in [-0.1, -0.05) is 38.1 Å². The van der Waals surface area contributed by atoms with Crippen molar-refractivity contribution in [3.63, 3.8) is 0 Å². The highest BCUT2D eigenvalue weighted by molar-refractivity contribution is 5.25. The first-order chi connectivity index (χ1) is 11.3. The van der Waals surface area contributed by atoms with Crippen molar-refractivity contribution in [1.29, 1.82) is 0 Å². The normalized spacial score (nSPS) is 25.4. The summed E-state index contributed by atoms with van der Waals surface area (Å²) in [5, 5.41) is 3.49. The molecule has 3 heteroatoms. The van der Waals surface area contributed by atoms with Gasteiger partial charge in [0.1, 0.15) is 0 Å². The minimum absolute atomic E-state index is 0.549. The summed E-state index contributed by atoms with van der Waals surface area (Å²) in [5.41, 5.74) is 2.95. The Balaban J connectivity index is 1.74. The lowest BCUT2D eigenvalue weighted by Gasteiger charge is -2.40.